The predicted molar refractivity (Wildman–Crippen MR) is 103 cm³/mol. The molecule has 0 atom stereocenters. The largest absolute Gasteiger partial charge is 0.360 e. The van der Waals surface area contributed by atoms with Crippen molar-refractivity contribution in [3.8, 4) is 11.3 Å². The minimum atomic E-state index is -4.08. The first-order valence-corrected chi connectivity index (χ1v) is 9.82. The van der Waals surface area contributed by atoms with Crippen molar-refractivity contribution < 1.29 is 13.3 Å². The average molecular weight is 415 g/mol. The maximum Gasteiger partial charge on any atom is 0.269 e. The highest BCUT2D eigenvalue weighted by molar-refractivity contribution is 7.91. The summed E-state index contributed by atoms with van der Waals surface area (Å²) in [5.41, 5.74) is 1.56. The van der Waals surface area contributed by atoms with E-state index in [1.165, 1.54) is 6.20 Å². The Morgan fingerprint density at radius 1 is 1.07 bits per heavy atom. The van der Waals surface area contributed by atoms with Crippen LogP contribution in [0, 0.1) is 10.1 Å². The quantitative estimate of drug-likeness (QED) is 0.306. The van der Waals surface area contributed by atoms with Crippen molar-refractivity contribution in [1.82, 2.24) is 15.0 Å². The van der Waals surface area contributed by atoms with E-state index in [-0.39, 0.29) is 21.3 Å². The van der Waals surface area contributed by atoms with Crippen molar-refractivity contribution in [2.45, 2.75) is 10.1 Å². The average Bonchev–Trinajstić information content (AvgIpc) is 3.12. The zero-order valence-electron chi connectivity index (χ0n) is 14.0. The molecule has 0 saturated heterocycles. The number of halogens is 1. The van der Waals surface area contributed by atoms with Crippen LogP contribution in [0.1, 0.15) is 0 Å². The second-order valence-electron chi connectivity index (χ2n) is 5.85. The van der Waals surface area contributed by atoms with Crippen molar-refractivity contribution >= 4 is 38.0 Å². The molecule has 0 saturated carbocycles. The molecule has 4 rings (SSSR count). The van der Waals surface area contributed by atoms with E-state index < -0.39 is 19.9 Å². The molecule has 0 aliphatic rings. The van der Waals surface area contributed by atoms with Crippen LogP contribution in [0.5, 0.6) is 0 Å². The van der Waals surface area contributed by atoms with Crippen molar-refractivity contribution in [3.63, 3.8) is 0 Å². The monoisotopic (exact) mass is 414 g/mol. The Morgan fingerprint density at radius 3 is 2.50 bits per heavy atom. The van der Waals surface area contributed by atoms with Gasteiger partial charge in [-0.15, -0.1) is 0 Å². The molecule has 2 aromatic carbocycles. The molecule has 28 heavy (non-hydrogen) atoms. The minimum Gasteiger partial charge on any atom is -0.360 e. The lowest BCUT2D eigenvalue weighted by Gasteiger charge is -2.07. The van der Waals surface area contributed by atoms with Crippen LogP contribution in [0.2, 0.25) is 5.02 Å². The molecule has 2 aromatic heterocycles. The summed E-state index contributed by atoms with van der Waals surface area (Å²) in [6.07, 6.45) is 2.92. The van der Waals surface area contributed by atoms with E-state index in [0.717, 1.165) is 35.2 Å². The summed E-state index contributed by atoms with van der Waals surface area (Å²) in [5, 5.41) is 11.4. The number of nitrogens with zero attached hydrogens (tertiary/aromatic N) is 3. The van der Waals surface area contributed by atoms with E-state index in [9.17, 15) is 18.5 Å². The van der Waals surface area contributed by atoms with Gasteiger partial charge in [-0.3, -0.25) is 10.1 Å². The number of sulfone groups is 1. The summed E-state index contributed by atoms with van der Waals surface area (Å²) in [6.45, 7) is 0. The Morgan fingerprint density at radius 2 is 1.79 bits per heavy atom. The maximum absolute atomic E-state index is 12.9. The SMILES string of the molecule is O=[N+]([O-])c1ccc(S(=O)(=O)c2ncc(Cl)c(-c3c[nH]c4ccccc34)n2)cc1. The molecule has 0 aliphatic heterocycles. The van der Waals surface area contributed by atoms with E-state index >= 15 is 0 Å². The van der Waals surface area contributed by atoms with E-state index in [2.05, 4.69) is 15.0 Å². The molecule has 0 aliphatic carbocycles. The molecular formula is C18H11ClN4O4S. The molecule has 4 aromatic rings. The van der Waals surface area contributed by atoms with Crippen LogP contribution in [-0.2, 0) is 9.84 Å². The Balaban J connectivity index is 1.83. The number of H-pyrrole nitrogens is 1. The lowest BCUT2D eigenvalue weighted by Crippen LogP contribution is -2.08. The van der Waals surface area contributed by atoms with E-state index in [0.29, 0.717) is 5.56 Å². The van der Waals surface area contributed by atoms with E-state index in [1.807, 2.05) is 24.3 Å². The Bertz CT molecular complexity index is 1320. The molecule has 0 fully saturated rings. The van der Waals surface area contributed by atoms with Crippen LogP contribution in [0.3, 0.4) is 0 Å². The van der Waals surface area contributed by atoms with Gasteiger partial charge in [-0.25, -0.2) is 18.4 Å². The van der Waals surface area contributed by atoms with Crippen LogP contribution in [0.25, 0.3) is 22.2 Å². The molecule has 10 heteroatoms. The number of rotatable bonds is 4. The standard InChI is InChI=1S/C18H11ClN4O4S/c19-15-10-21-18(28(26,27)12-7-5-11(6-8-12)23(24)25)22-17(15)14-9-20-16-4-2-1-3-13(14)16/h1-10,20H. The van der Waals surface area contributed by atoms with Crippen molar-refractivity contribution in [2.24, 2.45) is 0 Å². The first-order chi connectivity index (χ1) is 13.4. The lowest BCUT2D eigenvalue weighted by atomic mass is 10.1. The topological polar surface area (TPSA) is 119 Å². The second kappa shape index (κ2) is 6.70. The number of hydrogen-bond acceptors (Lipinski definition) is 6. The van der Waals surface area contributed by atoms with Crippen molar-refractivity contribution in [1.29, 1.82) is 0 Å². The highest BCUT2D eigenvalue weighted by atomic mass is 35.5. The Labute approximate surface area is 163 Å². The molecule has 0 unspecified atom stereocenters. The van der Waals surface area contributed by atoms with Crippen molar-refractivity contribution in [2.75, 3.05) is 0 Å². The highest BCUT2D eigenvalue weighted by Crippen LogP contribution is 2.33. The Hall–Kier alpha value is -3.30. The number of aromatic nitrogens is 3. The van der Waals surface area contributed by atoms with Gasteiger partial charge in [0.2, 0.25) is 9.84 Å². The van der Waals surface area contributed by atoms with Crippen LogP contribution >= 0.6 is 11.6 Å². The molecule has 0 spiro atoms. The summed E-state index contributed by atoms with van der Waals surface area (Å²) in [6, 6.07) is 12.0. The third-order valence-electron chi connectivity index (χ3n) is 4.16. The van der Waals surface area contributed by atoms with E-state index in [4.69, 9.17) is 11.6 Å². The Kier molecular flexibility index (Phi) is 4.33. The normalized spacial score (nSPS) is 11.6. The fraction of sp³-hybridized carbons (Fsp3) is 0. The third-order valence-corrected chi connectivity index (χ3v) is 6.01. The number of para-hydroxylation sites is 1. The van der Waals surface area contributed by atoms with Gasteiger partial charge < -0.3 is 4.98 Å². The van der Waals surface area contributed by atoms with Gasteiger partial charge in [-0.1, -0.05) is 29.8 Å². The zero-order valence-corrected chi connectivity index (χ0v) is 15.6. The molecule has 0 radical (unpaired) electrons. The number of aromatic amines is 1. The highest BCUT2D eigenvalue weighted by Gasteiger charge is 2.24. The minimum absolute atomic E-state index is 0.148. The fourth-order valence-electron chi connectivity index (χ4n) is 2.79. The summed E-state index contributed by atoms with van der Waals surface area (Å²) < 4.78 is 25.7. The van der Waals surface area contributed by atoms with Gasteiger partial charge in [-0.05, 0) is 18.2 Å². The lowest BCUT2D eigenvalue weighted by molar-refractivity contribution is -0.384. The molecule has 0 amide bonds. The number of hydrogen-bond donors (Lipinski definition) is 1. The summed E-state index contributed by atoms with van der Waals surface area (Å²) in [5.74, 6) is 0. The number of nitro benzene ring substituents is 1. The van der Waals surface area contributed by atoms with Gasteiger partial charge in [0.05, 0.1) is 26.7 Å². The second-order valence-corrected chi connectivity index (χ2v) is 8.10. The summed E-state index contributed by atoms with van der Waals surface area (Å²) in [4.78, 5) is 21.1. The van der Waals surface area contributed by atoms with Gasteiger partial charge in [0.1, 0.15) is 0 Å². The first-order valence-electron chi connectivity index (χ1n) is 7.96. The zero-order chi connectivity index (χ0) is 19.9. The molecule has 2 heterocycles. The van der Waals surface area contributed by atoms with Crippen LogP contribution in [0.4, 0.5) is 5.69 Å². The number of benzene rings is 2. The third kappa shape index (κ3) is 3.00. The van der Waals surface area contributed by atoms with Gasteiger partial charge in [-0.2, -0.15) is 0 Å². The van der Waals surface area contributed by atoms with E-state index in [1.54, 1.807) is 6.20 Å². The smallest absolute Gasteiger partial charge is 0.269 e. The molecule has 8 nitrogen and oxygen atoms in total. The van der Waals surface area contributed by atoms with Crippen molar-refractivity contribution in [3.05, 3.63) is 76.1 Å². The van der Waals surface area contributed by atoms with Gasteiger partial charge in [0.15, 0.2) is 0 Å². The molecule has 0 bridgehead atoms. The molecule has 140 valence electrons. The first kappa shape index (κ1) is 18.1. The van der Waals surface area contributed by atoms with Gasteiger partial charge >= 0.3 is 0 Å². The molecule has 1 N–H and O–H groups in total. The fourth-order valence-corrected chi connectivity index (χ4v) is 4.09. The number of nitro groups is 1. The van der Waals surface area contributed by atoms with Crippen LogP contribution in [0.15, 0.2) is 71.0 Å². The number of non-ortho nitro benzene ring substituents is 1. The van der Waals surface area contributed by atoms with Gasteiger partial charge in [0.25, 0.3) is 10.8 Å². The van der Waals surface area contributed by atoms with Crippen LogP contribution < -0.4 is 0 Å². The predicted octanol–water partition coefficient (Wildman–Crippen LogP) is 4.02. The van der Waals surface area contributed by atoms with Gasteiger partial charge in [0, 0.05) is 34.8 Å². The molecular weight excluding hydrogens is 404 g/mol. The maximum atomic E-state index is 12.9. The summed E-state index contributed by atoms with van der Waals surface area (Å²) in [7, 11) is -4.08. The number of nitrogens with one attached hydrogen (secondary N) is 1. The number of fused-ring (bicyclic) bond motifs is 1. The van der Waals surface area contributed by atoms with Crippen LogP contribution in [-0.4, -0.2) is 28.3 Å². The summed E-state index contributed by atoms with van der Waals surface area (Å²) >= 11 is 6.23.